The third kappa shape index (κ3) is 4.26. The van der Waals surface area contributed by atoms with Gasteiger partial charge in [-0.05, 0) is 26.0 Å². The normalized spacial score (nSPS) is 12.0. The van der Waals surface area contributed by atoms with Crippen molar-refractivity contribution in [3.63, 3.8) is 0 Å². The van der Waals surface area contributed by atoms with Crippen LogP contribution in [0.2, 0.25) is 0 Å². The molecule has 6 heteroatoms. The van der Waals surface area contributed by atoms with E-state index in [-0.39, 0.29) is 17.9 Å². The summed E-state index contributed by atoms with van der Waals surface area (Å²) in [4.78, 5) is 23.9. The first kappa shape index (κ1) is 18.7. The Morgan fingerprint density at radius 2 is 1.72 bits per heavy atom. The van der Waals surface area contributed by atoms with Crippen LogP contribution in [0.1, 0.15) is 50.7 Å². The summed E-state index contributed by atoms with van der Waals surface area (Å²) in [6.45, 7) is 9.16. The molecule has 1 amide bonds. The zero-order chi connectivity index (χ0) is 18.8. The number of aliphatic carboxylic acids is 1. The highest BCUT2D eigenvalue weighted by Gasteiger charge is 2.30. The highest BCUT2D eigenvalue weighted by atomic mass is 16.4. The Kier molecular flexibility index (Phi) is 5.02. The minimum Gasteiger partial charge on any atom is -0.481 e. The molecule has 0 saturated heterocycles. The number of nitrogens with zero attached hydrogens (tertiary/aromatic N) is 2. The van der Waals surface area contributed by atoms with Gasteiger partial charge in [0.05, 0.1) is 22.4 Å². The van der Waals surface area contributed by atoms with Gasteiger partial charge in [0.2, 0.25) is 0 Å². The second-order valence-electron chi connectivity index (χ2n) is 7.79. The quantitative estimate of drug-likeness (QED) is 0.874. The van der Waals surface area contributed by atoms with Gasteiger partial charge in [-0.1, -0.05) is 39.0 Å². The number of carbonyl (C=O) groups excluding carboxylic acids is 1. The van der Waals surface area contributed by atoms with E-state index in [2.05, 4.69) is 10.4 Å². The highest BCUT2D eigenvalue weighted by molar-refractivity contribution is 5.95. The van der Waals surface area contributed by atoms with E-state index in [1.54, 1.807) is 24.7 Å². The third-order valence-corrected chi connectivity index (χ3v) is 3.96. The van der Waals surface area contributed by atoms with Crippen LogP contribution in [0.15, 0.2) is 36.5 Å². The van der Waals surface area contributed by atoms with Gasteiger partial charge in [-0.2, -0.15) is 5.10 Å². The van der Waals surface area contributed by atoms with Gasteiger partial charge in [-0.25, -0.2) is 4.68 Å². The van der Waals surface area contributed by atoms with Gasteiger partial charge in [0.15, 0.2) is 0 Å². The Bertz CT molecular complexity index is 771. The Morgan fingerprint density at radius 3 is 2.24 bits per heavy atom. The fourth-order valence-electron chi connectivity index (χ4n) is 2.28. The summed E-state index contributed by atoms with van der Waals surface area (Å²) < 4.78 is 1.68. The Labute approximate surface area is 147 Å². The van der Waals surface area contributed by atoms with Crippen molar-refractivity contribution in [3.8, 4) is 5.69 Å². The van der Waals surface area contributed by atoms with Crippen LogP contribution in [-0.4, -0.2) is 33.3 Å². The van der Waals surface area contributed by atoms with Crippen molar-refractivity contribution in [2.24, 2.45) is 5.41 Å². The van der Waals surface area contributed by atoms with Crippen molar-refractivity contribution in [2.45, 2.75) is 40.0 Å². The van der Waals surface area contributed by atoms with E-state index in [0.717, 1.165) is 5.69 Å². The second kappa shape index (κ2) is 6.70. The molecule has 0 bridgehead atoms. The largest absolute Gasteiger partial charge is 0.481 e. The van der Waals surface area contributed by atoms with Crippen LogP contribution >= 0.6 is 0 Å². The van der Waals surface area contributed by atoms with Gasteiger partial charge >= 0.3 is 5.97 Å². The van der Waals surface area contributed by atoms with E-state index in [9.17, 15) is 14.7 Å². The molecule has 0 spiro atoms. The first-order chi connectivity index (χ1) is 11.5. The molecule has 2 aromatic rings. The number of nitrogens with one attached hydrogen (secondary N) is 1. The fourth-order valence-corrected chi connectivity index (χ4v) is 2.28. The number of carboxylic acid groups (broad SMARTS) is 1. The van der Waals surface area contributed by atoms with Gasteiger partial charge < -0.3 is 10.4 Å². The molecule has 1 aromatic heterocycles. The number of benzene rings is 1. The predicted octanol–water partition coefficient (Wildman–Crippen LogP) is 3.01. The molecule has 2 N–H and O–H groups in total. The number of rotatable bonds is 5. The summed E-state index contributed by atoms with van der Waals surface area (Å²) in [7, 11) is 0. The lowest BCUT2D eigenvalue weighted by Crippen LogP contribution is -2.39. The molecular formula is C19H25N3O3. The Morgan fingerprint density at radius 1 is 1.12 bits per heavy atom. The van der Waals surface area contributed by atoms with E-state index in [1.807, 2.05) is 51.1 Å². The van der Waals surface area contributed by atoms with Crippen LogP contribution in [0, 0.1) is 5.41 Å². The minimum absolute atomic E-state index is 0.0429. The van der Waals surface area contributed by atoms with Gasteiger partial charge in [0, 0.05) is 18.2 Å². The zero-order valence-electron chi connectivity index (χ0n) is 15.3. The van der Waals surface area contributed by atoms with Crippen LogP contribution < -0.4 is 5.32 Å². The molecule has 1 heterocycles. The predicted molar refractivity (Wildman–Crippen MR) is 96.0 cm³/mol. The smallest absolute Gasteiger partial charge is 0.310 e. The van der Waals surface area contributed by atoms with Crippen LogP contribution in [-0.2, 0) is 10.2 Å². The zero-order valence-corrected chi connectivity index (χ0v) is 15.3. The highest BCUT2D eigenvalue weighted by Crippen LogP contribution is 2.26. The lowest BCUT2D eigenvalue weighted by Gasteiger charge is -2.21. The summed E-state index contributed by atoms with van der Waals surface area (Å²) in [5.41, 5.74) is 0.625. The number of aromatic nitrogens is 2. The molecular weight excluding hydrogens is 318 g/mol. The Balaban J connectivity index is 2.34. The molecule has 0 aliphatic heterocycles. The maximum atomic E-state index is 12.7. The van der Waals surface area contributed by atoms with Crippen molar-refractivity contribution in [1.29, 1.82) is 0 Å². The van der Waals surface area contributed by atoms with Crippen molar-refractivity contribution in [2.75, 3.05) is 6.54 Å². The van der Waals surface area contributed by atoms with Crippen molar-refractivity contribution in [1.82, 2.24) is 15.1 Å². The number of hydrogen-bond donors (Lipinski definition) is 2. The average Bonchev–Trinajstić information content (AvgIpc) is 2.99. The van der Waals surface area contributed by atoms with Gasteiger partial charge in [-0.15, -0.1) is 0 Å². The molecule has 134 valence electrons. The van der Waals surface area contributed by atoms with Crippen LogP contribution in [0.3, 0.4) is 0 Å². The number of carboxylic acids is 1. The maximum Gasteiger partial charge on any atom is 0.310 e. The van der Waals surface area contributed by atoms with E-state index in [4.69, 9.17) is 0 Å². The maximum absolute atomic E-state index is 12.7. The fraction of sp³-hybridized carbons (Fsp3) is 0.421. The van der Waals surface area contributed by atoms with Crippen LogP contribution in [0.5, 0.6) is 0 Å². The molecule has 2 rings (SSSR count). The van der Waals surface area contributed by atoms with E-state index in [1.165, 1.54) is 0 Å². The molecule has 0 unspecified atom stereocenters. The van der Waals surface area contributed by atoms with Crippen LogP contribution in [0.25, 0.3) is 5.69 Å². The van der Waals surface area contributed by atoms with Gasteiger partial charge in [-0.3, -0.25) is 9.59 Å². The Hall–Kier alpha value is -2.63. The summed E-state index contributed by atoms with van der Waals surface area (Å²) in [5, 5.41) is 16.5. The lowest BCUT2D eigenvalue weighted by atomic mass is 9.89. The monoisotopic (exact) mass is 343 g/mol. The first-order valence-electron chi connectivity index (χ1n) is 8.19. The van der Waals surface area contributed by atoms with E-state index >= 15 is 0 Å². The topological polar surface area (TPSA) is 84.2 Å². The third-order valence-electron chi connectivity index (χ3n) is 3.96. The number of amides is 1. The van der Waals surface area contributed by atoms with Crippen LogP contribution in [0.4, 0.5) is 0 Å². The van der Waals surface area contributed by atoms with E-state index in [0.29, 0.717) is 11.3 Å². The molecule has 0 fully saturated rings. The summed E-state index contributed by atoms with van der Waals surface area (Å²) in [5.74, 6) is -1.27. The van der Waals surface area contributed by atoms with E-state index < -0.39 is 11.4 Å². The van der Waals surface area contributed by atoms with Crippen molar-refractivity contribution < 1.29 is 14.7 Å². The van der Waals surface area contributed by atoms with Gasteiger partial charge in [0.1, 0.15) is 0 Å². The molecule has 6 nitrogen and oxygen atoms in total. The number of carbonyl (C=O) groups is 2. The molecule has 0 saturated carbocycles. The standard InChI is InChI=1S/C19H25N3O3/c1-18(2,3)15-14(16(23)20-12-19(4,5)17(24)25)11-22(21-15)13-9-7-6-8-10-13/h6-11H,12H2,1-5H3,(H,20,23)(H,24,25). The SMILES string of the molecule is CC(C)(CNC(=O)c1cn(-c2ccccc2)nc1C(C)(C)C)C(=O)O. The molecule has 25 heavy (non-hydrogen) atoms. The number of para-hydroxylation sites is 1. The molecule has 0 radical (unpaired) electrons. The summed E-state index contributed by atoms with van der Waals surface area (Å²) in [6, 6.07) is 9.55. The average molecular weight is 343 g/mol. The number of hydrogen-bond acceptors (Lipinski definition) is 3. The summed E-state index contributed by atoms with van der Waals surface area (Å²) in [6.07, 6.45) is 1.69. The molecule has 0 atom stereocenters. The second-order valence-corrected chi connectivity index (χ2v) is 7.79. The lowest BCUT2D eigenvalue weighted by molar-refractivity contribution is -0.146. The molecule has 0 aliphatic rings. The molecule has 0 aliphatic carbocycles. The minimum atomic E-state index is -1.03. The molecule has 1 aromatic carbocycles. The van der Waals surface area contributed by atoms with Crippen molar-refractivity contribution in [3.05, 3.63) is 47.8 Å². The first-order valence-corrected chi connectivity index (χ1v) is 8.19. The van der Waals surface area contributed by atoms with Gasteiger partial charge in [0.25, 0.3) is 5.91 Å². The summed E-state index contributed by atoms with van der Waals surface area (Å²) >= 11 is 0. The van der Waals surface area contributed by atoms with Crippen molar-refractivity contribution >= 4 is 11.9 Å².